The summed E-state index contributed by atoms with van der Waals surface area (Å²) < 4.78 is 16.3. The summed E-state index contributed by atoms with van der Waals surface area (Å²) in [6.07, 6.45) is 0.340. The van der Waals surface area contributed by atoms with Gasteiger partial charge in [-0.2, -0.15) is 0 Å². The molecule has 3 aliphatic rings. The Balaban J connectivity index is 1.24. The number of aliphatic hydroxyl groups is 2. The van der Waals surface area contributed by atoms with Crippen LogP contribution in [0.5, 0.6) is 5.75 Å². The van der Waals surface area contributed by atoms with Crippen LogP contribution in [0.4, 0.5) is 0 Å². The van der Waals surface area contributed by atoms with Gasteiger partial charge >= 0.3 is 5.97 Å². The molecule has 0 spiro atoms. The Labute approximate surface area is 186 Å². The second-order valence-corrected chi connectivity index (χ2v) is 8.50. The Hall–Kier alpha value is -2.49. The van der Waals surface area contributed by atoms with Crippen LogP contribution >= 0.6 is 0 Å². The van der Waals surface area contributed by atoms with Crippen LogP contribution in [-0.4, -0.2) is 77.1 Å². The molecule has 6 atom stereocenters. The molecule has 3 heterocycles. The van der Waals surface area contributed by atoms with E-state index in [-0.39, 0.29) is 13.2 Å². The van der Waals surface area contributed by atoms with Crippen molar-refractivity contribution in [2.75, 3.05) is 19.8 Å². The molecule has 0 aromatic heterocycles. The molecule has 3 aliphatic heterocycles. The lowest BCUT2D eigenvalue weighted by Gasteiger charge is -2.25. The van der Waals surface area contributed by atoms with Gasteiger partial charge < -0.3 is 24.4 Å². The Morgan fingerprint density at radius 2 is 1.59 bits per heavy atom. The molecule has 9 heteroatoms. The summed E-state index contributed by atoms with van der Waals surface area (Å²) in [5, 5.41) is 19.9. The van der Waals surface area contributed by atoms with Crippen LogP contribution in [0.2, 0.25) is 0 Å². The van der Waals surface area contributed by atoms with E-state index in [9.17, 15) is 24.6 Å². The molecule has 2 N–H and O–H groups in total. The molecule has 0 saturated carbocycles. The zero-order chi connectivity index (χ0) is 22.8. The standard InChI is InChI=1S/C23H29NO8/c1-2-3-4-5-11-30-14-8-6-13(7-9-14)23(29)31-12-10-24-21(27)15-16(22(24)28)20-18(26)17(25)19(15)32-20/h6-9,15-20,25-26H,2-5,10-12H2,1H3. The Kier molecular flexibility index (Phi) is 6.78. The van der Waals surface area contributed by atoms with E-state index >= 15 is 0 Å². The van der Waals surface area contributed by atoms with E-state index in [4.69, 9.17) is 14.2 Å². The van der Waals surface area contributed by atoms with E-state index in [0.29, 0.717) is 17.9 Å². The highest BCUT2D eigenvalue weighted by Gasteiger charge is 2.68. The second kappa shape index (κ2) is 9.56. The number of fused-ring (bicyclic) bond motifs is 5. The van der Waals surface area contributed by atoms with Gasteiger partial charge in [0.05, 0.1) is 42.8 Å². The molecule has 0 aliphatic carbocycles. The summed E-state index contributed by atoms with van der Waals surface area (Å²) in [7, 11) is 0. The fourth-order valence-corrected chi connectivity index (χ4v) is 4.73. The quantitative estimate of drug-likeness (QED) is 0.308. The highest BCUT2D eigenvalue weighted by atomic mass is 16.6. The predicted molar refractivity (Wildman–Crippen MR) is 111 cm³/mol. The van der Waals surface area contributed by atoms with Gasteiger partial charge in [-0.3, -0.25) is 14.5 Å². The van der Waals surface area contributed by atoms with Crippen molar-refractivity contribution in [2.24, 2.45) is 11.8 Å². The first-order valence-electron chi connectivity index (χ1n) is 11.2. The highest BCUT2D eigenvalue weighted by molar-refractivity contribution is 6.06. The largest absolute Gasteiger partial charge is 0.494 e. The molecular formula is C23H29NO8. The number of hydrogen-bond acceptors (Lipinski definition) is 8. The van der Waals surface area contributed by atoms with E-state index in [2.05, 4.69) is 6.92 Å². The van der Waals surface area contributed by atoms with Crippen LogP contribution in [0.3, 0.4) is 0 Å². The Bertz CT molecular complexity index is 824. The van der Waals surface area contributed by atoms with E-state index < -0.39 is 54.0 Å². The van der Waals surface area contributed by atoms with Crippen molar-refractivity contribution in [2.45, 2.75) is 57.0 Å². The van der Waals surface area contributed by atoms with Crippen LogP contribution < -0.4 is 4.74 Å². The molecular weight excluding hydrogens is 418 g/mol. The molecule has 9 nitrogen and oxygen atoms in total. The van der Waals surface area contributed by atoms with E-state index in [1.165, 1.54) is 12.8 Å². The van der Waals surface area contributed by atoms with Crippen molar-refractivity contribution in [3.63, 3.8) is 0 Å². The molecule has 1 aromatic carbocycles. The van der Waals surface area contributed by atoms with E-state index in [0.717, 1.165) is 17.7 Å². The number of hydrogen-bond donors (Lipinski definition) is 2. The number of esters is 1. The molecule has 174 valence electrons. The minimum absolute atomic E-state index is 0.0823. The van der Waals surface area contributed by atoms with E-state index in [1.807, 2.05) is 0 Å². The Morgan fingerprint density at radius 3 is 2.19 bits per heavy atom. The third-order valence-corrected chi connectivity index (χ3v) is 6.44. The average Bonchev–Trinajstić information content (AvgIpc) is 3.40. The van der Waals surface area contributed by atoms with Crippen molar-refractivity contribution in [1.82, 2.24) is 4.90 Å². The van der Waals surface area contributed by atoms with Gasteiger partial charge in [0.2, 0.25) is 11.8 Å². The van der Waals surface area contributed by atoms with Gasteiger partial charge in [-0.25, -0.2) is 4.79 Å². The fraction of sp³-hybridized carbons (Fsp3) is 0.609. The fourth-order valence-electron chi connectivity index (χ4n) is 4.73. The Morgan fingerprint density at radius 1 is 0.969 bits per heavy atom. The number of unbranched alkanes of at least 4 members (excludes halogenated alkanes) is 3. The number of benzene rings is 1. The summed E-state index contributed by atoms with van der Waals surface area (Å²) >= 11 is 0. The SMILES string of the molecule is CCCCCCOc1ccc(C(=O)OCCN2C(=O)C3C4OC(C(O)C4O)C3C2=O)cc1. The summed E-state index contributed by atoms with van der Waals surface area (Å²) in [4.78, 5) is 38.6. The second-order valence-electron chi connectivity index (χ2n) is 8.50. The molecule has 6 unspecified atom stereocenters. The number of rotatable bonds is 10. The first kappa shape index (κ1) is 22.7. The van der Waals surface area contributed by atoms with Gasteiger partial charge in [0, 0.05) is 0 Å². The van der Waals surface area contributed by atoms with Crippen molar-refractivity contribution in [3.8, 4) is 5.75 Å². The number of carbonyl (C=O) groups excluding carboxylic acids is 3. The third kappa shape index (κ3) is 4.12. The van der Waals surface area contributed by atoms with Gasteiger partial charge in [0.25, 0.3) is 0 Å². The number of ether oxygens (including phenoxy) is 3. The first-order chi connectivity index (χ1) is 15.4. The maximum absolute atomic E-state index is 12.6. The van der Waals surface area contributed by atoms with Crippen LogP contribution in [0.25, 0.3) is 0 Å². The maximum Gasteiger partial charge on any atom is 0.338 e. The average molecular weight is 447 g/mol. The van der Waals surface area contributed by atoms with Gasteiger partial charge in [0.15, 0.2) is 0 Å². The number of aliphatic hydroxyl groups excluding tert-OH is 2. The van der Waals surface area contributed by atoms with Crippen LogP contribution in [0.15, 0.2) is 24.3 Å². The minimum Gasteiger partial charge on any atom is -0.494 e. The summed E-state index contributed by atoms with van der Waals surface area (Å²) in [6, 6.07) is 6.63. The lowest BCUT2D eigenvalue weighted by molar-refractivity contribution is -0.143. The van der Waals surface area contributed by atoms with Crippen LogP contribution in [0, 0.1) is 11.8 Å². The number of carbonyl (C=O) groups is 3. The molecule has 3 fully saturated rings. The number of nitrogens with zero attached hydrogens (tertiary/aromatic N) is 1. The highest BCUT2D eigenvalue weighted by Crippen LogP contribution is 2.48. The summed E-state index contributed by atoms with van der Waals surface area (Å²) in [6.45, 7) is 2.55. The zero-order valence-electron chi connectivity index (χ0n) is 18.0. The molecule has 4 rings (SSSR count). The monoisotopic (exact) mass is 447 g/mol. The smallest absolute Gasteiger partial charge is 0.338 e. The third-order valence-electron chi connectivity index (χ3n) is 6.44. The number of imide groups is 1. The molecule has 1 aromatic rings. The van der Waals surface area contributed by atoms with Crippen molar-refractivity contribution < 1.29 is 38.8 Å². The van der Waals surface area contributed by atoms with Gasteiger partial charge in [-0.1, -0.05) is 26.2 Å². The molecule has 32 heavy (non-hydrogen) atoms. The zero-order valence-corrected chi connectivity index (χ0v) is 18.0. The minimum atomic E-state index is -1.18. The predicted octanol–water partition coefficient (Wildman–Crippen LogP) is 0.906. The normalized spacial score (nSPS) is 30.7. The molecule has 3 saturated heterocycles. The topological polar surface area (TPSA) is 123 Å². The molecule has 2 bridgehead atoms. The summed E-state index contributed by atoms with van der Waals surface area (Å²) in [5.41, 5.74) is 0.344. The van der Waals surface area contributed by atoms with Crippen LogP contribution in [0.1, 0.15) is 43.0 Å². The summed E-state index contributed by atoms with van der Waals surface area (Å²) in [5.74, 6) is -2.40. The van der Waals surface area contributed by atoms with E-state index in [1.54, 1.807) is 24.3 Å². The first-order valence-corrected chi connectivity index (χ1v) is 11.2. The van der Waals surface area contributed by atoms with Gasteiger partial charge in [-0.15, -0.1) is 0 Å². The molecule has 2 amide bonds. The lowest BCUT2D eigenvalue weighted by atomic mass is 9.78. The van der Waals surface area contributed by atoms with Crippen molar-refractivity contribution in [1.29, 1.82) is 0 Å². The van der Waals surface area contributed by atoms with Crippen molar-refractivity contribution in [3.05, 3.63) is 29.8 Å². The maximum atomic E-state index is 12.6. The number of likely N-dealkylation sites (tertiary alicyclic amines) is 1. The number of amides is 2. The molecule has 0 radical (unpaired) electrons. The van der Waals surface area contributed by atoms with Gasteiger partial charge in [0.1, 0.15) is 24.6 Å². The van der Waals surface area contributed by atoms with Crippen LogP contribution in [-0.2, 0) is 19.1 Å². The van der Waals surface area contributed by atoms with Crippen molar-refractivity contribution >= 4 is 17.8 Å². The lowest BCUT2D eigenvalue weighted by Crippen LogP contribution is -2.47. The van der Waals surface area contributed by atoms with Gasteiger partial charge in [-0.05, 0) is 30.7 Å².